The summed E-state index contributed by atoms with van der Waals surface area (Å²) >= 11 is 0. The van der Waals surface area contributed by atoms with Gasteiger partial charge in [0.25, 0.3) is 5.91 Å². The van der Waals surface area contributed by atoms with Gasteiger partial charge in [-0.15, -0.1) is 0 Å². The lowest BCUT2D eigenvalue weighted by molar-refractivity contribution is 0.0953. The Morgan fingerprint density at radius 3 is 2.28 bits per heavy atom. The highest BCUT2D eigenvalue weighted by Gasteiger charge is 2.25. The zero-order valence-corrected chi connectivity index (χ0v) is 19.1. The fourth-order valence-electron chi connectivity index (χ4n) is 3.46. The maximum Gasteiger partial charge on any atom is 0.251 e. The molecule has 32 heavy (non-hydrogen) atoms. The molecule has 0 heterocycles. The van der Waals surface area contributed by atoms with Crippen molar-refractivity contribution in [2.24, 2.45) is 0 Å². The van der Waals surface area contributed by atoms with Crippen LogP contribution < -0.4 is 5.32 Å². The van der Waals surface area contributed by atoms with Crippen LogP contribution in [0.5, 0.6) is 5.75 Å². The molecule has 6 heteroatoms. The smallest absolute Gasteiger partial charge is 0.251 e. The van der Waals surface area contributed by atoms with Crippen LogP contribution in [0.4, 0.5) is 0 Å². The van der Waals surface area contributed by atoms with Gasteiger partial charge in [0.2, 0.25) is 9.84 Å². The highest BCUT2D eigenvalue weighted by Crippen LogP contribution is 2.33. The molecule has 166 valence electrons. The summed E-state index contributed by atoms with van der Waals surface area (Å²) in [4.78, 5) is 12.6. The minimum absolute atomic E-state index is 0.122. The molecule has 0 aliphatic carbocycles. The van der Waals surface area contributed by atoms with E-state index in [-0.39, 0.29) is 21.4 Å². The summed E-state index contributed by atoms with van der Waals surface area (Å²) in [7, 11) is -3.87. The number of aromatic hydroxyl groups is 1. The number of phenolic OH excluding ortho intramolecular Hbond substituents is 1. The minimum atomic E-state index is -3.87. The van der Waals surface area contributed by atoms with E-state index in [1.807, 2.05) is 6.92 Å². The number of unbranched alkanes of at least 4 members (excludes halogenated alkanes) is 1. The Hall–Kier alpha value is -3.38. The van der Waals surface area contributed by atoms with Gasteiger partial charge in [-0.1, -0.05) is 50.3 Å². The van der Waals surface area contributed by atoms with Gasteiger partial charge >= 0.3 is 0 Å². The topological polar surface area (TPSA) is 83.5 Å². The van der Waals surface area contributed by atoms with Crippen LogP contribution in [0.25, 0.3) is 5.57 Å². The molecular formula is C26H27NO4S. The summed E-state index contributed by atoms with van der Waals surface area (Å²) < 4.78 is 27.2. The zero-order chi connectivity index (χ0) is 23.3. The molecule has 0 atom stereocenters. The molecule has 3 aromatic rings. The number of hydrogen-bond acceptors (Lipinski definition) is 4. The van der Waals surface area contributed by atoms with E-state index < -0.39 is 9.84 Å². The minimum Gasteiger partial charge on any atom is -0.508 e. The van der Waals surface area contributed by atoms with E-state index in [2.05, 4.69) is 11.9 Å². The number of carbonyl (C=O) groups excluding carboxylic acids is 1. The number of sulfone groups is 1. The molecule has 3 aromatic carbocycles. The van der Waals surface area contributed by atoms with Gasteiger partial charge in [-0.2, -0.15) is 0 Å². The molecular weight excluding hydrogens is 422 g/mol. The molecule has 3 rings (SSSR count). The van der Waals surface area contributed by atoms with Crippen LogP contribution in [0.1, 0.15) is 46.8 Å². The fraction of sp³-hybridized carbons (Fsp3) is 0.192. The van der Waals surface area contributed by atoms with Crippen molar-refractivity contribution in [3.05, 3.63) is 95.6 Å². The molecule has 0 fully saturated rings. The van der Waals surface area contributed by atoms with Crippen LogP contribution in [0, 0.1) is 6.92 Å². The second kappa shape index (κ2) is 9.83. The quantitative estimate of drug-likeness (QED) is 0.467. The largest absolute Gasteiger partial charge is 0.508 e. The number of aryl methyl sites for hydroxylation is 1. The maximum absolute atomic E-state index is 13.6. The van der Waals surface area contributed by atoms with Crippen LogP contribution in [-0.4, -0.2) is 26.0 Å². The normalized spacial score (nSPS) is 11.2. The average Bonchev–Trinajstić information content (AvgIpc) is 2.79. The molecule has 5 nitrogen and oxygen atoms in total. The third kappa shape index (κ3) is 4.92. The van der Waals surface area contributed by atoms with E-state index in [1.165, 1.54) is 18.2 Å². The predicted octanol–water partition coefficient (Wildman–Crippen LogP) is 5.12. The molecule has 0 saturated heterocycles. The highest BCUT2D eigenvalue weighted by atomic mass is 32.2. The van der Waals surface area contributed by atoms with Crippen molar-refractivity contribution >= 4 is 21.3 Å². The van der Waals surface area contributed by atoms with Crippen LogP contribution >= 0.6 is 0 Å². The lowest BCUT2D eigenvalue weighted by Crippen LogP contribution is -2.24. The standard InChI is InChI=1S/C26H27NO4S/c1-4-5-16-27-26(29)21-12-15-24(18(2)17-21)32(30,31)25-9-7-6-8-23(25)19(3)20-10-13-22(28)14-11-20/h6-15,17,28H,3-5,16H2,1-2H3,(H,27,29). The average molecular weight is 450 g/mol. The number of phenols is 1. The number of benzene rings is 3. The van der Waals surface area contributed by atoms with E-state index in [0.29, 0.717) is 34.4 Å². The Labute approximate surface area is 189 Å². The maximum atomic E-state index is 13.6. The molecule has 0 bridgehead atoms. The van der Waals surface area contributed by atoms with E-state index in [4.69, 9.17) is 0 Å². The summed E-state index contributed by atoms with van der Waals surface area (Å²) in [5.41, 5.74) is 2.66. The van der Waals surface area contributed by atoms with Gasteiger partial charge in [-0.25, -0.2) is 8.42 Å². The van der Waals surface area contributed by atoms with Crippen LogP contribution in [0.3, 0.4) is 0 Å². The zero-order valence-electron chi connectivity index (χ0n) is 18.3. The number of rotatable bonds is 8. The third-order valence-corrected chi connectivity index (χ3v) is 7.23. The van der Waals surface area contributed by atoms with Crippen molar-refractivity contribution in [2.45, 2.75) is 36.5 Å². The molecule has 0 saturated carbocycles. The first-order valence-electron chi connectivity index (χ1n) is 10.5. The van der Waals surface area contributed by atoms with Crippen molar-refractivity contribution in [3.8, 4) is 5.75 Å². The summed E-state index contributed by atoms with van der Waals surface area (Å²) in [6.07, 6.45) is 1.87. The summed E-state index contributed by atoms with van der Waals surface area (Å²) in [5, 5.41) is 12.4. The fourth-order valence-corrected chi connectivity index (χ4v) is 5.17. The summed E-state index contributed by atoms with van der Waals surface area (Å²) in [6.45, 7) is 8.41. The van der Waals surface area contributed by atoms with Crippen molar-refractivity contribution < 1.29 is 18.3 Å². The van der Waals surface area contributed by atoms with E-state index >= 15 is 0 Å². The van der Waals surface area contributed by atoms with Gasteiger partial charge in [0.15, 0.2) is 0 Å². The molecule has 0 radical (unpaired) electrons. The first kappa shape index (κ1) is 23.3. The van der Waals surface area contributed by atoms with Gasteiger partial charge < -0.3 is 10.4 Å². The molecule has 0 unspecified atom stereocenters. The number of hydrogen-bond donors (Lipinski definition) is 2. The van der Waals surface area contributed by atoms with Crippen LogP contribution in [0.15, 0.2) is 83.1 Å². The van der Waals surface area contributed by atoms with Crippen molar-refractivity contribution in [2.75, 3.05) is 6.54 Å². The van der Waals surface area contributed by atoms with Gasteiger partial charge in [-0.3, -0.25) is 4.79 Å². The first-order chi connectivity index (χ1) is 15.3. The molecule has 0 aliphatic rings. The lowest BCUT2D eigenvalue weighted by Gasteiger charge is -2.15. The van der Waals surface area contributed by atoms with E-state index in [0.717, 1.165) is 12.8 Å². The Balaban J connectivity index is 1.98. The summed E-state index contributed by atoms with van der Waals surface area (Å²) in [6, 6.07) is 17.8. The molecule has 0 aromatic heterocycles. The van der Waals surface area contributed by atoms with E-state index in [1.54, 1.807) is 55.5 Å². The van der Waals surface area contributed by atoms with Gasteiger partial charge in [-0.05, 0) is 66.4 Å². The first-order valence-corrected chi connectivity index (χ1v) is 12.0. The molecule has 0 spiro atoms. The highest BCUT2D eigenvalue weighted by molar-refractivity contribution is 7.91. The van der Waals surface area contributed by atoms with Crippen molar-refractivity contribution in [3.63, 3.8) is 0 Å². The van der Waals surface area contributed by atoms with Crippen molar-refractivity contribution in [1.82, 2.24) is 5.32 Å². The third-order valence-electron chi connectivity index (χ3n) is 5.26. The van der Waals surface area contributed by atoms with Crippen molar-refractivity contribution in [1.29, 1.82) is 0 Å². The Morgan fingerprint density at radius 2 is 1.62 bits per heavy atom. The second-order valence-corrected chi connectivity index (χ2v) is 9.50. The van der Waals surface area contributed by atoms with Gasteiger partial charge in [0.1, 0.15) is 5.75 Å². The van der Waals surface area contributed by atoms with Crippen LogP contribution in [-0.2, 0) is 9.84 Å². The van der Waals surface area contributed by atoms with Gasteiger partial charge in [0.05, 0.1) is 9.79 Å². The molecule has 2 N–H and O–H groups in total. The second-order valence-electron chi connectivity index (χ2n) is 7.61. The number of carbonyl (C=O) groups is 1. The number of amides is 1. The SMILES string of the molecule is C=C(c1ccc(O)cc1)c1ccccc1S(=O)(=O)c1ccc(C(=O)NCCCC)cc1C. The Bertz CT molecular complexity index is 1250. The molecule has 0 aliphatic heterocycles. The lowest BCUT2D eigenvalue weighted by atomic mass is 9.99. The predicted molar refractivity (Wildman–Crippen MR) is 127 cm³/mol. The van der Waals surface area contributed by atoms with E-state index in [9.17, 15) is 18.3 Å². The number of nitrogens with one attached hydrogen (secondary N) is 1. The molecule has 1 amide bonds. The Morgan fingerprint density at radius 1 is 0.969 bits per heavy atom. The van der Waals surface area contributed by atoms with Crippen LogP contribution in [0.2, 0.25) is 0 Å². The Kier molecular flexibility index (Phi) is 7.15. The summed E-state index contributed by atoms with van der Waals surface area (Å²) in [5.74, 6) is -0.0940. The monoisotopic (exact) mass is 449 g/mol. The van der Waals surface area contributed by atoms with Gasteiger partial charge in [0, 0.05) is 17.7 Å².